The predicted octanol–water partition coefficient (Wildman–Crippen LogP) is 6.89. The van der Waals surface area contributed by atoms with Crippen molar-refractivity contribution in [2.24, 2.45) is 0 Å². The first-order valence-corrected chi connectivity index (χ1v) is 23.7. The van der Waals surface area contributed by atoms with Crippen molar-refractivity contribution in [1.29, 1.82) is 0 Å². The number of hydrogen-bond donors (Lipinski definition) is 1. The Morgan fingerprint density at radius 1 is 0.662 bits per heavy atom. The molecule has 4 unspecified atom stereocenters. The highest BCUT2D eigenvalue weighted by Gasteiger charge is 2.46. The second-order valence-electron chi connectivity index (χ2n) is 19.8. The molecule has 15 nitrogen and oxygen atoms in total. The SMILES string of the molecule is CC(=O)Nc1cc(Cl)ccc1OCC(=O)N1C2CN(Cc3ccc(F)cc3)CC1CN(C(=O)OC(C)(C)C)C2.CC(C)(C)OC(=O)N1CC2CN(Cc3ccc(F)cc3)CC(C1)N2CC(=O)CCl. The van der Waals surface area contributed by atoms with Gasteiger partial charge >= 0.3 is 12.2 Å². The molecule has 4 fully saturated rings. The number of anilines is 1. The summed E-state index contributed by atoms with van der Waals surface area (Å²) in [6.07, 6.45) is -0.725. The molecule has 0 radical (unpaired) electrons. The lowest BCUT2D eigenvalue weighted by Crippen LogP contribution is -2.70. The Morgan fingerprint density at radius 3 is 1.53 bits per heavy atom. The van der Waals surface area contributed by atoms with Crippen LogP contribution in [0.3, 0.4) is 0 Å². The van der Waals surface area contributed by atoms with Gasteiger partial charge in [0.1, 0.15) is 28.6 Å². The van der Waals surface area contributed by atoms with Gasteiger partial charge in [0, 0.05) is 89.5 Å². The molecule has 0 spiro atoms. The smallest absolute Gasteiger partial charge is 0.410 e. The van der Waals surface area contributed by atoms with Crippen molar-refractivity contribution < 1.29 is 47.0 Å². The van der Waals surface area contributed by atoms with Gasteiger partial charge in [-0.3, -0.25) is 29.1 Å². The summed E-state index contributed by atoms with van der Waals surface area (Å²) in [6, 6.07) is 17.1. The first-order chi connectivity index (χ1) is 32.0. The molecule has 1 N–H and O–H groups in total. The molecule has 19 heteroatoms. The van der Waals surface area contributed by atoms with E-state index in [4.69, 9.17) is 37.4 Å². The molecule has 370 valence electrons. The largest absolute Gasteiger partial charge is 0.482 e. The van der Waals surface area contributed by atoms with Crippen LogP contribution in [0.15, 0.2) is 66.7 Å². The summed E-state index contributed by atoms with van der Waals surface area (Å²) in [5, 5.41) is 3.09. The molecule has 0 aromatic heterocycles. The monoisotopic (exact) mass is 985 g/mol. The van der Waals surface area contributed by atoms with Crippen LogP contribution in [0, 0.1) is 11.6 Å². The number of Topliss-reactive ketones (excluding diaryl/α,β-unsaturated/α-hetero) is 1. The number of ether oxygens (including phenoxy) is 3. The van der Waals surface area contributed by atoms with E-state index >= 15 is 0 Å². The first-order valence-electron chi connectivity index (χ1n) is 22.8. The summed E-state index contributed by atoms with van der Waals surface area (Å²) in [4.78, 5) is 74.4. The number of carbonyl (C=O) groups excluding carboxylic acids is 5. The Hall–Kier alpha value is -5.07. The molecule has 4 saturated heterocycles. The summed E-state index contributed by atoms with van der Waals surface area (Å²) in [5.41, 5.74) is 1.20. The molecule has 7 rings (SSSR count). The number of amides is 4. The van der Waals surface area contributed by atoms with Gasteiger partial charge in [-0.05, 0) is 95.1 Å². The lowest BCUT2D eigenvalue weighted by Gasteiger charge is -2.53. The normalized spacial score (nSPS) is 21.0. The quantitative estimate of drug-likeness (QED) is 0.201. The van der Waals surface area contributed by atoms with Gasteiger partial charge in [0.2, 0.25) is 5.91 Å². The van der Waals surface area contributed by atoms with Crippen LogP contribution in [-0.2, 0) is 36.9 Å². The zero-order valence-electron chi connectivity index (χ0n) is 39.8. The average Bonchev–Trinajstić information content (AvgIpc) is 3.23. The summed E-state index contributed by atoms with van der Waals surface area (Å²) in [7, 11) is 0. The van der Waals surface area contributed by atoms with Crippen LogP contribution < -0.4 is 10.1 Å². The topological polar surface area (TPSA) is 145 Å². The van der Waals surface area contributed by atoms with Crippen molar-refractivity contribution in [3.05, 3.63) is 94.5 Å². The van der Waals surface area contributed by atoms with Crippen LogP contribution in [0.1, 0.15) is 59.6 Å². The van der Waals surface area contributed by atoms with Crippen LogP contribution in [0.2, 0.25) is 5.02 Å². The maximum atomic E-state index is 13.5. The molecular weight excluding hydrogens is 923 g/mol. The highest BCUT2D eigenvalue weighted by atomic mass is 35.5. The highest BCUT2D eigenvalue weighted by Crippen LogP contribution is 2.31. The predicted molar refractivity (Wildman–Crippen MR) is 255 cm³/mol. The van der Waals surface area contributed by atoms with E-state index in [9.17, 15) is 32.8 Å². The maximum absolute atomic E-state index is 13.5. The fourth-order valence-electron chi connectivity index (χ4n) is 9.05. The zero-order chi connectivity index (χ0) is 49.5. The lowest BCUT2D eigenvalue weighted by atomic mass is 9.99. The maximum Gasteiger partial charge on any atom is 0.410 e. The Bertz CT molecular complexity index is 2230. The molecule has 3 aromatic carbocycles. The van der Waals surface area contributed by atoms with Crippen molar-refractivity contribution in [3.63, 3.8) is 0 Å². The van der Waals surface area contributed by atoms with Gasteiger partial charge in [0.05, 0.1) is 30.2 Å². The van der Waals surface area contributed by atoms with E-state index in [1.807, 2.05) is 41.5 Å². The van der Waals surface area contributed by atoms with E-state index in [0.29, 0.717) is 88.5 Å². The second-order valence-corrected chi connectivity index (χ2v) is 20.5. The summed E-state index contributed by atoms with van der Waals surface area (Å²) in [5.74, 6) is -0.742. The number of nitrogens with zero attached hydrogens (tertiary/aromatic N) is 6. The Labute approximate surface area is 407 Å². The van der Waals surface area contributed by atoms with Gasteiger partial charge in [-0.15, -0.1) is 11.6 Å². The fraction of sp³-hybridized carbons (Fsp3) is 0.531. The highest BCUT2D eigenvalue weighted by molar-refractivity contribution is 6.31. The second kappa shape index (κ2) is 22.6. The third-order valence-corrected chi connectivity index (χ3v) is 12.2. The van der Waals surface area contributed by atoms with Crippen LogP contribution in [0.25, 0.3) is 0 Å². The van der Waals surface area contributed by atoms with Crippen molar-refractivity contribution in [2.45, 2.75) is 96.9 Å². The minimum absolute atomic E-state index is 0.00891. The van der Waals surface area contributed by atoms with E-state index in [1.54, 1.807) is 57.2 Å². The first kappa shape index (κ1) is 52.3. The molecule has 0 aliphatic carbocycles. The molecule has 3 aromatic rings. The van der Waals surface area contributed by atoms with Crippen LogP contribution in [-0.4, -0.2) is 166 Å². The number of alkyl halides is 1. The summed E-state index contributed by atoms with van der Waals surface area (Å²) < 4.78 is 43.5. The number of carbonyl (C=O) groups is 5. The number of ketones is 1. The third kappa shape index (κ3) is 15.0. The van der Waals surface area contributed by atoms with E-state index in [0.717, 1.165) is 11.1 Å². The molecule has 4 atom stereocenters. The van der Waals surface area contributed by atoms with Crippen molar-refractivity contribution in [3.8, 4) is 5.75 Å². The van der Waals surface area contributed by atoms with Crippen LogP contribution >= 0.6 is 23.2 Å². The molecule has 4 aliphatic heterocycles. The number of piperazine rings is 4. The Kier molecular flexibility index (Phi) is 17.4. The average molecular weight is 987 g/mol. The van der Waals surface area contributed by atoms with Gasteiger partial charge in [-0.2, -0.15) is 0 Å². The fourth-order valence-corrected chi connectivity index (χ4v) is 9.31. The molecule has 4 aliphatic rings. The van der Waals surface area contributed by atoms with E-state index in [2.05, 4.69) is 20.0 Å². The zero-order valence-corrected chi connectivity index (χ0v) is 41.3. The minimum Gasteiger partial charge on any atom is -0.482 e. The molecule has 4 bridgehead atoms. The van der Waals surface area contributed by atoms with Gasteiger partial charge in [0.25, 0.3) is 5.91 Å². The van der Waals surface area contributed by atoms with Crippen LogP contribution in [0.5, 0.6) is 5.75 Å². The number of rotatable bonds is 11. The standard InChI is InChI=1S/C28H34ClFN4O5.C21H29ClFN3O3/c1-18(35)31-24-11-20(29)7-10-25(24)38-17-26(36)34-22-13-32(12-19-5-8-21(30)9-6-19)14-23(34)16-33(15-22)27(37)39-28(2,3)4;1-21(2,3)29-20(28)25-12-17-10-24(9-15-4-6-16(23)7-5-15)11-18(13-25)26(17)14-19(27)8-22/h5-11,22-23H,12-17H2,1-4H3,(H,31,35);4-7,17-18H,8-14H2,1-3H3. The van der Waals surface area contributed by atoms with Crippen molar-refractivity contribution in [1.82, 2.24) is 29.4 Å². The molecule has 4 heterocycles. The summed E-state index contributed by atoms with van der Waals surface area (Å²) in [6.45, 7) is 17.8. The number of halogens is 4. The van der Waals surface area contributed by atoms with Gasteiger partial charge in [-0.25, -0.2) is 18.4 Å². The molecule has 0 saturated carbocycles. The lowest BCUT2D eigenvalue weighted by molar-refractivity contribution is -0.148. The number of fused-ring (bicyclic) bond motifs is 4. The number of nitrogens with one attached hydrogen (secondary N) is 1. The van der Waals surface area contributed by atoms with E-state index in [1.165, 1.54) is 31.2 Å². The van der Waals surface area contributed by atoms with Crippen molar-refractivity contribution in [2.75, 3.05) is 76.7 Å². The van der Waals surface area contributed by atoms with E-state index < -0.39 is 17.3 Å². The van der Waals surface area contributed by atoms with Gasteiger partial charge < -0.3 is 34.2 Å². The summed E-state index contributed by atoms with van der Waals surface area (Å²) >= 11 is 11.8. The van der Waals surface area contributed by atoms with Crippen molar-refractivity contribution >= 4 is 58.7 Å². The molecule has 4 amide bonds. The Balaban J connectivity index is 0.000000234. The Morgan fingerprint density at radius 2 is 1.10 bits per heavy atom. The molecular formula is C49H63Cl2F2N7O8. The van der Waals surface area contributed by atoms with Crippen LogP contribution in [0.4, 0.5) is 24.1 Å². The van der Waals surface area contributed by atoms with Gasteiger partial charge in [-0.1, -0.05) is 35.9 Å². The third-order valence-electron chi connectivity index (χ3n) is 11.7. The van der Waals surface area contributed by atoms with E-state index in [-0.39, 0.29) is 72.0 Å². The van der Waals surface area contributed by atoms with Gasteiger partial charge in [0.15, 0.2) is 12.4 Å². The number of hydrogen-bond acceptors (Lipinski definition) is 11. The minimum atomic E-state index is -0.633. The molecule has 68 heavy (non-hydrogen) atoms. The number of benzene rings is 3.